The van der Waals surface area contributed by atoms with Crippen molar-refractivity contribution in [3.63, 3.8) is 0 Å². The van der Waals surface area contributed by atoms with Crippen molar-refractivity contribution in [3.8, 4) is 5.75 Å². The summed E-state index contributed by atoms with van der Waals surface area (Å²) in [5.74, 6) is 2.00. The molecule has 3 aliphatic rings. The number of aromatic amines is 1. The zero-order chi connectivity index (χ0) is 28.5. The number of piperazine rings is 1. The lowest BCUT2D eigenvalue weighted by Gasteiger charge is -2.42. The van der Waals surface area contributed by atoms with E-state index in [9.17, 15) is 0 Å². The van der Waals surface area contributed by atoms with Crippen molar-refractivity contribution in [1.82, 2.24) is 24.8 Å². The molecule has 0 bridgehead atoms. The Hall–Kier alpha value is -3.86. The van der Waals surface area contributed by atoms with E-state index in [1.165, 1.54) is 50.3 Å². The molecule has 220 valence electrons. The van der Waals surface area contributed by atoms with Crippen LogP contribution in [-0.4, -0.2) is 90.8 Å². The Labute approximate surface area is 247 Å². The predicted molar refractivity (Wildman–Crippen MR) is 167 cm³/mol. The summed E-state index contributed by atoms with van der Waals surface area (Å²) in [7, 11) is 3.94. The number of hydrogen-bond acceptors (Lipinski definition) is 9. The second kappa shape index (κ2) is 11.8. The van der Waals surface area contributed by atoms with Gasteiger partial charge in [0.1, 0.15) is 11.4 Å². The van der Waals surface area contributed by atoms with Crippen molar-refractivity contribution in [2.24, 2.45) is 0 Å². The zero-order valence-corrected chi connectivity index (χ0v) is 24.5. The molecular weight excluding hydrogens is 528 g/mol. The van der Waals surface area contributed by atoms with E-state index < -0.39 is 0 Å². The first-order valence-electron chi connectivity index (χ1n) is 15.1. The molecule has 2 N–H and O–H groups in total. The highest BCUT2D eigenvalue weighted by Crippen LogP contribution is 2.39. The second-order valence-corrected chi connectivity index (χ2v) is 11.6. The zero-order valence-electron chi connectivity index (χ0n) is 24.5. The van der Waals surface area contributed by atoms with Gasteiger partial charge in [-0.05, 0) is 43.7 Å². The molecule has 2 aromatic heterocycles. The predicted octanol–water partition coefficient (Wildman–Crippen LogP) is 4.81. The van der Waals surface area contributed by atoms with E-state index in [0.717, 1.165) is 47.8 Å². The third-order valence-electron chi connectivity index (χ3n) is 9.01. The Balaban J connectivity index is 1.09. The molecule has 3 fully saturated rings. The highest BCUT2D eigenvalue weighted by molar-refractivity contribution is 5.89. The molecule has 3 aliphatic heterocycles. The molecule has 0 aliphatic carbocycles. The van der Waals surface area contributed by atoms with Crippen molar-refractivity contribution >= 4 is 34.2 Å². The smallest absolute Gasteiger partial charge is 0.231 e. The lowest BCUT2D eigenvalue weighted by atomic mass is 10.0. The van der Waals surface area contributed by atoms with Gasteiger partial charge in [0.05, 0.1) is 30.8 Å². The van der Waals surface area contributed by atoms with Crippen molar-refractivity contribution in [3.05, 3.63) is 66.4 Å². The van der Waals surface area contributed by atoms with E-state index in [1.807, 2.05) is 23.4 Å². The molecule has 0 unspecified atom stereocenters. The SMILES string of the molecule is COc1cc(N2CCC(N3CCN(C)CC3)CC2)ccc1Nc1nc(N2OCC[C@H]2c2ccccc2)c2cc[nH]c2n1. The quantitative estimate of drug-likeness (QED) is 0.326. The van der Waals surface area contributed by atoms with Crippen LogP contribution in [0.25, 0.3) is 11.0 Å². The van der Waals surface area contributed by atoms with Gasteiger partial charge in [-0.1, -0.05) is 30.3 Å². The van der Waals surface area contributed by atoms with Gasteiger partial charge >= 0.3 is 0 Å². The minimum absolute atomic E-state index is 0.0845. The topological polar surface area (TPSA) is 85.0 Å². The van der Waals surface area contributed by atoms with Crippen LogP contribution in [-0.2, 0) is 4.84 Å². The molecule has 0 spiro atoms. The number of hydroxylamine groups is 1. The van der Waals surface area contributed by atoms with Crippen LogP contribution in [0.4, 0.5) is 23.1 Å². The van der Waals surface area contributed by atoms with Crippen molar-refractivity contribution < 1.29 is 9.57 Å². The number of piperidine rings is 1. The van der Waals surface area contributed by atoms with Crippen LogP contribution >= 0.6 is 0 Å². The number of benzene rings is 2. The van der Waals surface area contributed by atoms with Crippen LogP contribution in [0.5, 0.6) is 5.75 Å². The van der Waals surface area contributed by atoms with Gasteiger partial charge < -0.3 is 24.8 Å². The minimum Gasteiger partial charge on any atom is -0.494 e. The minimum atomic E-state index is 0.0845. The maximum Gasteiger partial charge on any atom is 0.231 e. The van der Waals surface area contributed by atoms with Crippen molar-refractivity contribution in [2.45, 2.75) is 31.3 Å². The van der Waals surface area contributed by atoms with E-state index in [0.29, 0.717) is 18.6 Å². The number of H-pyrrole nitrogens is 1. The van der Waals surface area contributed by atoms with Gasteiger partial charge in [-0.3, -0.25) is 9.74 Å². The monoisotopic (exact) mass is 568 g/mol. The summed E-state index contributed by atoms with van der Waals surface area (Å²) in [4.78, 5) is 26.7. The molecule has 10 nitrogen and oxygen atoms in total. The highest BCUT2D eigenvalue weighted by Gasteiger charge is 2.31. The number of anilines is 4. The van der Waals surface area contributed by atoms with Crippen molar-refractivity contribution in [1.29, 1.82) is 0 Å². The number of ether oxygens (including phenoxy) is 1. The lowest BCUT2D eigenvalue weighted by molar-refractivity contribution is 0.0982. The molecule has 1 atom stereocenters. The van der Waals surface area contributed by atoms with Gasteiger partial charge in [0, 0.05) is 69.7 Å². The molecule has 5 heterocycles. The number of methoxy groups -OCH3 is 1. The molecule has 0 amide bonds. The molecular formula is C32H40N8O2. The van der Waals surface area contributed by atoms with Gasteiger partial charge in [-0.15, -0.1) is 0 Å². The van der Waals surface area contributed by atoms with Crippen LogP contribution in [0, 0.1) is 0 Å². The van der Waals surface area contributed by atoms with E-state index >= 15 is 0 Å². The van der Waals surface area contributed by atoms with E-state index in [4.69, 9.17) is 19.5 Å². The number of nitrogens with zero attached hydrogens (tertiary/aromatic N) is 6. The Kier molecular flexibility index (Phi) is 7.58. The van der Waals surface area contributed by atoms with Gasteiger partial charge in [0.15, 0.2) is 5.82 Å². The number of nitrogens with one attached hydrogen (secondary N) is 2. The van der Waals surface area contributed by atoms with Gasteiger partial charge in [-0.2, -0.15) is 9.97 Å². The highest BCUT2D eigenvalue weighted by atomic mass is 16.7. The Morgan fingerprint density at radius 2 is 1.74 bits per heavy atom. The molecule has 7 rings (SSSR count). The second-order valence-electron chi connectivity index (χ2n) is 11.6. The number of rotatable bonds is 7. The fourth-order valence-corrected chi connectivity index (χ4v) is 6.58. The number of likely N-dealkylation sites (N-methyl/N-ethyl adjacent to an activating group) is 1. The summed E-state index contributed by atoms with van der Waals surface area (Å²) in [6, 6.07) is 19.6. The first-order valence-corrected chi connectivity index (χ1v) is 15.1. The summed E-state index contributed by atoms with van der Waals surface area (Å²) in [6.45, 7) is 7.47. The van der Waals surface area contributed by atoms with Crippen molar-refractivity contribution in [2.75, 3.05) is 75.3 Å². The maximum absolute atomic E-state index is 6.13. The van der Waals surface area contributed by atoms with Crippen LogP contribution in [0.15, 0.2) is 60.8 Å². The molecule has 10 heteroatoms. The number of hydrogen-bond donors (Lipinski definition) is 2. The summed E-state index contributed by atoms with van der Waals surface area (Å²) in [6.07, 6.45) is 5.18. The van der Waals surface area contributed by atoms with Gasteiger partial charge in [0.2, 0.25) is 5.95 Å². The summed E-state index contributed by atoms with van der Waals surface area (Å²) >= 11 is 0. The number of fused-ring (bicyclic) bond motifs is 1. The first-order chi connectivity index (χ1) is 20.7. The average molecular weight is 569 g/mol. The molecule has 42 heavy (non-hydrogen) atoms. The van der Waals surface area contributed by atoms with Crippen LogP contribution in [0.3, 0.4) is 0 Å². The van der Waals surface area contributed by atoms with E-state index in [-0.39, 0.29) is 6.04 Å². The number of aromatic nitrogens is 3. The lowest BCUT2D eigenvalue weighted by Crippen LogP contribution is -2.52. The summed E-state index contributed by atoms with van der Waals surface area (Å²) in [5.41, 5.74) is 3.97. The van der Waals surface area contributed by atoms with Gasteiger partial charge in [-0.25, -0.2) is 5.06 Å². The largest absolute Gasteiger partial charge is 0.494 e. The fraction of sp³-hybridized carbons (Fsp3) is 0.438. The molecule has 4 aromatic rings. The first kappa shape index (κ1) is 27.0. The normalized spacial score (nSPS) is 20.9. The molecule has 0 saturated carbocycles. The molecule has 0 radical (unpaired) electrons. The van der Waals surface area contributed by atoms with Crippen LogP contribution in [0.2, 0.25) is 0 Å². The Morgan fingerprint density at radius 1 is 0.929 bits per heavy atom. The molecule has 2 aromatic carbocycles. The average Bonchev–Trinajstić information content (AvgIpc) is 3.72. The van der Waals surface area contributed by atoms with Gasteiger partial charge in [0.25, 0.3) is 0 Å². The standard InChI is InChI=1S/C32H40N8O2/c1-37-17-19-39(20-18-37)24-11-15-38(16-12-24)25-8-9-27(29(22-25)41-2)34-32-35-30-26(10-14-33-30)31(36-32)40-28(13-21-42-40)23-6-4-3-5-7-23/h3-10,14,22,24,28H,11-13,15-21H2,1-2H3,(H2,33,34,35,36)/t28-/m0/s1. The van der Waals surface area contributed by atoms with Crippen LogP contribution in [0.1, 0.15) is 30.9 Å². The third-order valence-corrected chi connectivity index (χ3v) is 9.01. The Morgan fingerprint density at radius 3 is 2.52 bits per heavy atom. The van der Waals surface area contributed by atoms with E-state index in [2.05, 4.69) is 74.5 Å². The third kappa shape index (κ3) is 5.37. The molecule has 3 saturated heterocycles. The fourth-order valence-electron chi connectivity index (χ4n) is 6.58. The summed E-state index contributed by atoms with van der Waals surface area (Å²) in [5, 5.41) is 6.29. The maximum atomic E-state index is 6.13. The Bertz CT molecular complexity index is 1500. The summed E-state index contributed by atoms with van der Waals surface area (Å²) < 4.78 is 5.85. The van der Waals surface area contributed by atoms with Crippen LogP contribution < -0.4 is 20.0 Å². The van der Waals surface area contributed by atoms with E-state index in [1.54, 1.807) is 7.11 Å².